The summed E-state index contributed by atoms with van der Waals surface area (Å²) in [6, 6.07) is 12.1. The van der Waals surface area contributed by atoms with Gasteiger partial charge in [-0.25, -0.2) is 0 Å². The first kappa shape index (κ1) is 21.2. The van der Waals surface area contributed by atoms with Crippen LogP contribution in [0.4, 0.5) is 18.9 Å². The molecule has 0 spiro atoms. The number of anilines is 1. The van der Waals surface area contributed by atoms with Crippen LogP contribution in [0, 0.1) is 5.92 Å². The maximum Gasteiger partial charge on any atom is 0.416 e. The number of rotatable bonds is 5. The van der Waals surface area contributed by atoms with E-state index >= 15 is 0 Å². The molecule has 1 heterocycles. The van der Waals surface area contributed by atoms with Crippen molar-refractivity contribution in [3.63, 3.8) is 0 Å². The van der Waals surface area contributed by atoms with Crippen LogP contribution in [-0.2, 0) is 22.3 Å². The summed E-state index contributed by atoms with van der Waals surface area (Å²) < 4.78 is 47.2. The number of ether oxygens (including phenoxy) is 1. The number of hydrogen-bond donors (Lipinski definition) is 1. The average molecular weight is 483 g/mol. The minimum Gasteiger partial charge on any atom is -0.378 e. The third-order valence-electron chi connectivity index (χ3n) is 5.63. The molecule has 1 aliphatic carbocycles. The quantitative estimate of drug-likeness (QED) is 0.669. The van der Waals surface area contributed by atoms with E-state index in [2.05, 4.69) is 21.2 Å². The fraction of sp³-hybridized carbons (Fsp3) is 0.409. The highest BCUT2D eigenvalue weighted by Gasteiger charge is 2.44. The molecule has 2 atom stereocenters. The third-order valence-corrected chi connectivity index (χ3v) is 6.13. The van der Waals surface area contributed by atoms with Gasteiger partial charge in [-0.05, 0) is 47.7 Å². The molecule has 0 radical (unpaired) electrons. The smallest absolute Gasteiger partial charge is 0.378 e. The second kappa shape index (κ2) is 8.59. The van der Waals surface area contributed by atoms with E-state index in [1.807, 2.05) is 29.2 Å². The van der Waals surface area contributed by atoms with Crippen LogP contribution in [0.15, 0.2) is 46.9 Å². The molecule has 1 N–H and O–H groups in total. The van der Waals surface area contributed by atoms with Crippen LogP contribution in [0.5, 0.6) is 0 Å². The molecule has 2 aromatic carbocycles. The predicted octanol–water partition coefficient (Wildman–Crippen LogP) is 4.72. The van der Waals surface area contributed by atoms with Gasteiger partial charge in [0.1, 0.15) is 0 Å². The first-order valence-electron chi connectivity index (χ1n) is 9.89. The lowest BCUT2D eigenvalue weighted by atomic mass is 10.0. The van der Waals surface area contributed by atoms with Crippen LogP contribution in [-0.4, -0.2) is 32.2 Å². The molecule has 0 aromatic heterocycles. The van der Waals surface area contributed by atoms with Crippen LogP contribution in [0.2, 0.25) is 0 Å². The van der Waals surface area contributed by atoms with Crippen molar-refractivity contribution in [1.29, 1.82) is 0 Å². The highest BCUT2D eigenvalue weighted by Crippen LogP contribution is 2.48. The number of amides is 1. The van der Waals surface area contributed by atoms with Crippen molar-refractivity contribution in [2.45, 2.75) is 25.1 Å². The molecule has 1 saturated heterocycles. The van der Waals surface area contributed by atoms with Gasteiger partial charge in [-0.15, -0.1) is 0 Å². The number of carbonyl (C=O) groups is 1. The number of halogens is 4. The molecule has 1 saturated carbocycles. The van der Waals surface area contributed by atoms with Gasteiger partial charge in [0, 0.05) is 35.7 Å². The maximum absolute atomic E-state index is 13.7. The Morgan fingerprint density at radius 3 is 2.63 bits per heavy atom. The van der Waals surface area contributed by atoms with Crippen LogP contribution < -0.4 is 10.2 Å². The standard InChI is InChI=1S/C22H22BrF3N2O2/c23-16-3-1-2-14(10-16)18-12-19(18)21(29)27-13-15-4-5-17(11-20(15)22(24,25)26)28-6-8-30-9-7-28/h1-5,10-11,18-19H,6-9,12-13H2,(H,27,29). The lowest BCUT2D eigenvalue weighted by molar-refractivity contribution is -0.138. The van der Waals surface area contributed by atoms with Gasteiger partial charge in [-0.1, -0.05) is 34.1 Å². The van der Waals surface area contributed by atoms with Gasteiger partial charge >= 0.3 is 6.18 Å². The van der Waals surface area contributed by atoms with E-state index in [-0.39, 0.29) is 29.9 Å². The van der Waals surface area contributed by atoms with E-state index in [0.29, 0.717) is 38.4 Å². The molecule has 4 nitrogen and oxygen atoms in total. The summed E-state index contributed by atoms with van der Waals surface area (Å²) in [6.07, 6.45) is -3.77. The normalized spacial score (nSPS) is 21.4. The number of morpholine rings is 1. The molecule has 2 aliphatic rings. The summed E-state index contributed by atoms with van der Waals surface area (Å²) in [7, 11) is 0. The van der Waals surface area contributed by atoms with Crippen molar-refractivity contribution in [3.05, 3.63) is 63.6 Å². The Morgan fingerprint density at radius 2 is 1.93 bits per heavy atom. The number of hydrogen-bond acceptors (Lipinski definition) is 3. The van der Waals surface area contributed by atoms with E-state index in [4.69, 9.17) is 4.74 Å². The van der Waals surface area contributed by atoms with Gasteiger partial charge in [-0.2, -0.15) is 13.2 Å². The topological polar surface area (TPSA) is 41.6 Å². The van der Waals surface area contributed by atoms with Crippen molar-refractivity contribution in [2.75, 3.05) is 31.2 Å². The van der Waals surface area contributed by atoms with E-state index < -0.39 is 11.7 Å². The second-order valence-electron chi connectivity index (χ2n) is 7.66. The second-order valence-corrected chi connectivity index (χ2v) is 8.58. The molecule has 8 heteroatoms. The molecule has 4 rings (SSSR count). The Bertz CT molecular complexity index is 929. The number of carbonyl (C=O) groups excluding carboxylic acids is 1. The zero-order valence-electron chi connectivity index (χ0n) is 16.2. The van der Waals surface area contributed by atoms with Crippen molar-refractivity contribution >= 4 is 27.5 Å². The Kier molecular flexibility index (Phi) is 6.06. The molecule has 2 fully saturated rings. The summed E-state index contributed by atoms with van der Waals surface area (Å²) in [5.41, 5.74) is 0.964. The number of nitrogens with zero attached hydrogens (tertiary/aromatic N) is 1. The first-order chi connectivity index (χ1) is 14.3. The van der Waals surface area contributed by atoms with Gasteiger partial charge in [0.15, 0.2) is 0 Å². The van der Waals surface area contributed by atoms with E-state index in [1.54, 1.807) is 6.07 Å². The van der Waals surface area contributed by atoms with E-state index in [9.17, 15) is 18.0 Å². The third kappa shape index (κ3) is 4.81. The number of alkyl halides is 3. The molecule has 30 heavy (non-hydrogen) atoms. The summed E-state index contributed by atoms with van der Waals surface area (Å²) in [4.78, 5) is 14.4. The van der Waals surface area contributed by atoms with Crippen LogP contribution >= 0.6 is 15.9 Å². The molecule has 1 aliphatic heterocycles. The van der Waals surface area contributed by atoms with Crippen molar-refractivity contribution in [2.24, 2.45) is 5.92 Å². The zero-order valence-corrected chi connectivity index (χ0v) is 17.8. The monoisotopic (exact) mass is 482 g/mol. The fourth-order valence-electron chi connectivity index (χ4n) is 3.90. The molecular weight excluding hydrogens is 461 g/mol. The first-order valence-corrected chi connectivity index (χ1v) is 10.7. The van der Waals surface area contributed by atoms with Gasteiger partial charge < -0.3 is 15.0 Å². The molecule has 0 bridgehead atoms. The maximum atomic E-state index is 13.7. The highest BCUT2D eigenvalue weighted by atomic mass is 79.9. The Balaban J connectivity index is 1.43. The molecule has 2 unspecified atom stereocenters. The molecule has 1 amide bonds. The number of benzene rings is 2. The summed E-state index contributed by atoms with van der Waals surface area (Å²) in [5, 5.41) is 2.70. The van der Waals surface area contributed by atoms with Gasteiger partial charge in [0.25, 0.3) is 0 Å². The Labute approximate surface area is 181 Å². The minimum absolute atomic E-state index is 0.0764. The largest absolute Gasteiger partial charge is 0.416 e. The van der Waals surface area contributed by atoms with Gasteiger partial charge in [-0.3, -0.25) is 4.79 Å². The zero-order chi connectivity index (χ0) is 21.3. The average Bonchev–Trinajstić information content (AvgIpc) is 3.53. The van der Waals surface area contributed by atoms with Crippen molar-refractivity contribution < 1.29 is 22.7 Å². The van der Waals surface area contributed by atoms with Gasteiger partial charge in [0.05, 0.1) is 18.8 Å². The summed E-state index contributed by atoms with van der Waals surface area (Å²) in [6.45, 7) is 1.98. The van der Waals surface area contributed by atoms with Gasteiger partial charge in [0.2, 0.25) is 5.91 Å². The fourth-order valence-corrected chi connectivity index (χ4v) is 4.32. The van der Waals surface area contributed by atoms with Crippen LogP contribution in [0.3, 0.4) is 0 Å². The van der Waals surface area contributed by atoms with Crippen LogP contribution in [0.25, 0.3) is 0 Å². The molecule has 2 aromatic rings. The van der Waals surface area contributed by atoms with Crippen molar-refractivity contribution in [3.8, 4) is 0 Å². The molecular formula is C22H22BrF3N2O2. The Hall–Kier alpha value is -2.06. The SMILES string of the molecule is O=C(NCc1ccc(N2CCOCC2)cc1C(F)(F)F)C1CC1c1cccc(Br)c1. The molecule has 160 valence electrons. The minimum atomic E-state index is -4.49. The number of nitrogens with one attached hydrogen (secondary N) is 1. The Morgan fingerprint density at radius 1 is 1.17 bits per heavy atom. The highest BCUT2D eigenvalue weighted by molar-refractivity contribution is 9.10. The van der Waals surface area contributed by atoms with E-state index in [0.717, 1.165) is 10.0 Å². The van der Waals surface area contributed by atoms with Crippen molar-refractivity contribution in [1.82, 2.24) is 5.32 Å². The summed E-state index contributed by atoms with van der Waals surface area (Å²) in [5.74, 6) is -0.278. The predicted molar refractivity (Wildman–Crippen MR) is 111 cm³/mol. The lowest BCUT2D eigenvalue weighted by Gasteiger charge is -2.29. The van der Waals surface area contributed by atoms with Crippen LogP contribution in [0.1, 0.15) is 29.0 Å². The summed E-state index contributed by atoms with van der Waals surface area (Å²) >= 11 is 3.42. The van der Waals surface area contributed by atoms with E-state index in [1.165, 1.54) is 12.1 Å². The lowest BCUT2D eigenvalue weighted by Crippen LogP contribution is -2.36.